The Kier molecular flexibility index (Phi) is 4.15. The minimum Gasteiger partial charge on any atom is -0.396 e. The van der Waals surface area contributed by atoms with Gasteiger partial charge in [-0.15, -0.1) is 0 Å². The van der Waals surface area contributed by atoms with Gasteiger partial charge >= 0.3 is 0 Å². The Balaban J connectivity index is 1.93. The van der Waals surface area contributed by atoms with Crippen molar-refractivity contribution in [3.63, 3.8) is 0 Å². The van der Waals surface area contributed by atoms with E-state index in [1.807, 2.05) is 0 Å². The third-order valence-corrected chi connectivity index (χ3v) is 4.41. The molecular weight excluding hydrogens is 252 g/mol. The zero-order chi connectivity index (χ0) is 13.0. The highest BCUT2D eigenvalue weighted by atomic mass is 32.2. The summed E-state index contributed by atoms with van der Waals surface area (Å²) in [7, 11) is -3.60. The van der Waals surface area contributed by atoms with Gasteiger partial charge in [0.05, 0.1) is 5.69 Å². The molecular formula is C11H18N4O2S. The number of nitrogens with one attached hydrogen (secondary N) is 1. The van der Waals surface area contributed by atoms with Crippen molar-refractivity contribution in [1.29, 1.82) is 0 Å². The fraction of sp³-hybridized carbons (Fsp3) is 0.545. The van der Waals surface area contributed by atoms with Crippen LogP contribution < -0.4 is 10.5 Å². The van der Waals surface area contributed by atoms with Crippen LogP contribution in [0.2, 0.25) is 0 Å². The summed E-state index contributed by atoms with van der Waals surface area (Å²) in [6.45, 7) is 3.21. The number of hydrogen-bond acceptors (Lipinski definition) is 5. The lowest BCUT2D eigenvalue weighted by molar-refractivity contribution is 0.344. The Morgan fingerprint density at radius 1 is 1.39 bits per heavy atom. The van der Waals surface area contributed by atoms with Crippen molar-refractivity contribution in [2.75, 3.05) is 31.9 Å². The normalized spacial score (nSPS) is 17.1. The van der Waals surface area contributed by atoms with Crippen molar-refractivity contribution in [1.82, 2.24) is 14.6 Å². The van der Waals surface area contributed by atoms with E-state index in [2.05, 4.69) is 14.6 Å². The van der Waals surface area contributed by atoms with E-state index < -0.39 is 10.0 Å². The quantitative estimate of drug-likeness (QED) is 0.788. The van der Waals surface area contributed by atoms with Crippen molar-refractivity contribution in [2.24, 2.45) is 0 Å². The maximum atomic E-state index is 12.0. The number of pyridine rings is 1. The van der Waals surface area contributed by atoms with Gasteiger partial charge in [0.2, 0.25) is 0 Å². The first kappa shape index (κ1) is 13.3. The van der Waals surface area contributed by atoms with E-state index in [9.17, 15) is 8.42 Å². The largest absolute Gasteiger partial charge is 0.396 e. The molecule has 0 radical (unpaired) electrons. The molecule has 0 unspecified atom stereocenters. The Labute approximate surface area is 107 Å². The van der Waals surface area contributed by atoms with Gasteiger partial charge in [0.15, 0.2) is 5.03 Å². The maximum Gasteiger partial charge on any atom is 0.260 e. The molecule has 2 rings (SSSR count). The van der Waals surface area contributed by atoms with E-state index in [1.54, 1.807) is 6.07 Å². The predicted molar refractivity (Wildman–Crippen MR) is 69.5 cm³/mol. The third-order valence-electron chi connectivity index (χ3n) is 2.97. The van der Waals surface area contributed by atoms with Crippen LogP contribution in [0.25, 0.3) is 0 Å². The van der Waals surface area contributed by atoms with Crippen LogP contribution in [0.5, 0.6) is 0 Å². The van der Waals surface area contributed by atoms with Crippen LogP contribution in [0.1, 0.15) is 12.8 Å². The van der Waals surface area contributed by atoms with E-state index in [0.29, 0.717) is 6.54 Å². The lowest BCUT2D eigenvalue weighted by atomic mass is 10.4. The Hall–Kier alpha value is -1.18. The Morgan fingerprint density at radius 2 is 2.11 bits per heavy atom. The van der Waals surface area contributed by atoms with Gasteiger partial charge in [0.25, 0.3) is 10.0 Å². The summed E-state index contributed by atoms with van der Waals surface area (Å²) < 4.78 is 26.4. The molecule has 0 amide bonds. The summed E-state index contributed by atoms with van der Waals surface area (Å²) in [5.74, 6) is 0. The topological polar surface area (TPSA) is 88.3 Å². The van der Waals surface area contributed by atoms with Gasteiger partial charge in [-0.05, 0) is 38.1 Å². The molecule has 1 fully saturated rings. The average molecular weight is 270 g/mol. The highest BCUT2D eigenvalue weighted by Crippen LogP contribution is 2.13. The van der Waals surface area contributed by atoms with Gasteiger partial charge < -0.3 is 10.6 Å². The number of aromatic nitrogens is 1. The van der Waals surface area contributed by atoms with Gasteiger partial charge in [-0.1, -0.05) is 0 Å². The number of hydrogen-bond donors (Lipinski definition) is 2. The number of nitrogen functional groups attached to an aromatic ring is 1. The number of rotatable bonds is 5. The molecule has 0 aromatic carbocycles. The molecule has 1 aromatic heterocycles. The summed E-state index contributed by atoms with van der Waals surface area (Å²) in [6, 6.07) is 3.14. The van der Waals surface area contributed by atoms with E-state index in [0.717, 1.165) is 19.6 Å². The minimum absolute atomic E-state index is 0.0913. The van der Waals surface area contributed by atoms with Crippen molar-refractivity contribution in [3.05, 3.63) is 18.3 Å². The van der Waals surface area contributed by atoms with E-state index >= 15 is 0 Å². The van der Waals surface area contributed by atoms with Crippen LogP contribution in [-0.2, 0) is 10.0 Å². The van der Waals surface area contributed by atoms with E-state index in [4.69, 9.17) is 5.73 Å². The minimum atomic E-state index is -3.60. The number of likely N-dealkylation sites (tertiary alicyclic amines) is 1. The highest BCUT2D eigenvalue weighted by molar-refractivity contribution is 7.89. The van der Waals surface area contributed by atoms with Gasteiger partial charge in [-0.2, -0.15) is 0 Å². The first-order valence-corrected chi connectivity index (χ1v) is 7.50. The summed E-state index contributed by atoms with van der Waals surface area (Å²) in [5, 5.41) is -0.0913. The molecule has 1 aromatic rings. The van der Waals surface area contributed by atoms with Gasteiger partial charge in [0, 0.05) is 19.3 Å². The van der Waals surface area contributed by atoms with Crippen LogP contribution in [0, 0.1) is 0 Å². The standard InChI is InChI=1S/C11H18N4O2S/c12-10-4-3-5-13-11(10)18(16,17)14-6-9-15-7-1-2-8-15/h3-5,14H,1-2,6-9,12H2. The third kappa shape index (κ3) is 3.18. The molecule has 0 saturated carbocycles. The fourth-order valence-corrected chi connectivity index (χ4v) is 3.12. The zero-order valence-electron chi connectivity index (χ0n) is 10.2. The number of sulfonamides is 1. The van der Waals surface area contributed by atoms with E-state index in [-0.39, 0.29) is 10.7 Å². The van der Waals surface area contributed by atoms with Crippen molar-refractivity contribution < 1.29 is 8.42 Å². The van der Waals surface area contributed by atoms with Gasteiger partial charge in [-0.3, -0.25) is 0 Å². The maximum absolute atomic E-state index is 12.0. The van der Waals surface area contributed by atoms with Crippen LogP contribution >= 0.6 is 0 Å². The molecule has 0 bridgehead atoms. The average Bonchev–Trinajstić information content (AvgIpc) is 2.82. The number of nitrogens with zero attached hydrogens (tertiary/aromatic N) is 2. The zero-order valence-corrected chi connectivity index (χ0v) is 11.0. The fourth-order valence-electron chi connectivity index (χ4n) is 2.04. The second-order valence-electron chi connectivity index (χ2n) is 4.34. The lowest BCUT2D eigenvalue weighted by Gasteiger charge is -2.14. The summed E-state index contributed by atoms with van der Waals surface area (Å²) in [4.78, 5) is 6.05. The van der Waals surface area contributed by atoms with Crippen LogP contribution in [0.4, 0.5) is 5.69 Å². The van der Waals surface area contributed by atoms with Crippen LogP contribution in [0.15, 0.2) is 23.4 Å². The Morgan fingerprint density at radius 3 is 2.78 bits per heavy atom. The van der Waals surface area contributed by atoms with Crippen molar-refractivity contribution >= 4 is 15.7 Å². The second-order valence-corrected chi connectivity index (χ2v) is 6.03. The monoisotopic (exact) mass is 270 g/mol. The molecule has 7 heteroatoms. The van der Waals surface area contributed by atoms with Gasteiger partial charge in [0.1, 0.15) is 0 Å². The van der Waals surface area contributed by atoms with Crippen molar-refractivity contribution in [3.8, 4) is 0 Å². The van der Waals surface area contributed by atoms with Crippen LogP contribution in [-0.4, -0.2) is 44.5 Å². The number of nitrogens with two attached hydrogens (primary N) is 1. The summed E-state index contributed by atoms with van der Waals surface area (Å²) >= 11 is 0. The lowest BCUT2D eigenvalue weighted by Crippen LogP contribution is -2.34. The first-order chi connectivity index (χ1) is 8.59. The molecule has 0 atom stereocenters. The molecule has 3 N–H and O–H groups in total. The highest BCUT2D eigenvalue weighted by Gasteiger charge is 2.19. The summed E-state index contributed by atoms with van der Waals surface area (Å²) in [6.07, 6.45) is 3.81. The van der Waals surface area contributed by atoms with Crippen molar-refractivity contribution in [2.45, 2.75) is 17.9 Å². The first-order valence-electron chi connectivity index (χ1n) is 6.02. The molecule has 0 aliphatic carbocycles. The second kappa shape index (κ2) is 5.64. The van der Waals surface area contributed by atoms with E-state index in [1.165, 1.54) is 25.1 Å². The molecule has 1 saturated heterocycles. The molecule has 0 spiro atoms. The smallest absolute Gasteiger partial charge is 0.260 e. The van der Waals surface area contributed by atoms with Crippen LogP contribution in [0.3, 0.4) is 0 Å². The molecule has 18 heavy (non-hydrogen) atoms. The summed E-state index contributed by atoms with van der Waals surface area (Å²) in [5.41, 5.74) is 5.78. The SMILES string of the molecule is Nc1cccnc1S(=O)(=O)NCCN1CCCC1. The number of anilines is 1. The molecule has 100 valence electrons. The molecule has 1 aliphatic rings. The molecule has 1 aliphatic heterocycles. The molecule has 2 heterocycles. The Bertz CT molecular complexity index is 498. The molecule has 6 nitrogen and oxygen atoms in total. The predicted octanol–water partition coefficient (Wildman–Crippen LogP) is 0.0379. The van der Waals surface area contributed by atoms with Gasteiger partial charge in [-0.25, -0.2) is 18.1 Å².